The Hall–Kier alpha value is -1.29. The van der Waals surface area contributed by atoms with E-state index in [1.165, 1.54) is 18.2 Å². The van der Waals surface area contributed by atoms with Crippen molar-refractivity contribution in [3.63, 3.8) is 0 Å². The van der Waals surface area contributed by atoms with Crippen LogP contribution in [0.5, 0.6) is 11.5 Å². The summed E-state index contributed by atoms with van der Waals surface area (Å²) in [4.78, 5) is 0. The molecule has 2 rings (SSSR count). The zero-order valence-corrected chi connectivity index (χ0v) is 11.7. The number of rotatable bonds is 4. The van der Waals surface area contributed by atoms with E-state index in [2.05, 4.69) is 5.32 Å². The molecule has 2 aromatic rings. The van der Waals surface area contributed by atoms with E-state index < -0.39 is 5.82 Å². The molecule has 0 fully saturated rings. The van der Waals surface area contributed by atoms with Gasteiger partial charge in [-0.3, -0.25) is 0 Å². The van der Waals surface area contributed by atoms with E-state index >= 15 is 0 Å². The van der Waals surface area contributed by atoms with Crippen LogP contribution in [0.15, 0.2) is 36.4 Å². The molecule has 0 aliphatic carbocycles. The van der Waals surface area contributed by atoms with Crippen molar-refractivity contribution in [3.05, 3.63) is 57.8 Å². The summed E-state index contributed by atoms with van der Waals surface area (Å²) in [5.41, 5.74) is 0.980. The molecule has 0 aliphatic heterocycles. The minimum absolute atomic E-state index is 0.0235. The summed E-state index contributed by atoms with van der Waals surface area (Å²) in [5, 5.41) is 3.66. The van der Waals surface area contributed by atoms with Crippen molar-refractivity contribution in [2.24, 2.45) is 0 Å². The van der Waals surface area contributed by atoms with Crippen molar-refractivity contribution < 1.29 is 9.13 Å². The van der Waals surface area contributed by atoms with Gasteiger partial charge in [0.25, 0.3) is 0 Å². The lowest BCUT2D eigenvalue weighted by Crippen LogP contribution is -2.05. The van der Waals surface area contributed by atoms with Gasteiger partial charge in [0, 0.05) is 17.6 Å². The van der Waals surface area contributed by atoms with Gasteiger partial charge in [-0.15, -0.1) is 0 Å². The number of ether oxygens (including phenoxy) is 1. The molecule has 5 heteroatoms. The Labute approximate surface area is 121 Å². The summed E-state index contributed by atoms with van der Waals surface area (Å²) in [7, 11) is 1.85. The van der Waals surface area contributed by atoms with Gasteiger partial charge < -0.3 is 10.1 Å². The molecule has 1 N–H and O–H groups in total. The third kappa shape index (κ3) is 3.60. The fraction of sp³-hybridized carbons (Fsp3) is 0.143. The van der Waals surface area contributed by atoms with Crippen molar-refractivity contribution in [1.29, 1.82) is 0 Å². The molecule has 19 heavy (non-hydrogen) atoms. The van der Waals surface area contributed by atoms with Gasteiger partial charge in [0.05, 0.1) is 5.02 Å². The lowest BCUT2D eigenvalue weighted by atomic mass is 10.2. The minimum Gasteiger partial charge on any atom is -0.457 e. The Morgan fingerprint density at radius 2 is 1.68 bits per heavy atom. The van der Waals surface area contributed by atoms with Gasteiger partial charge in [-0.05, 0) is 36.9 Å². The standard InChI is InChI=1S/C14H12Cl2FNO/c1-18-8-9-2-3-10(6-12(9)15)19-11-4-5-14(17)13(16)7-11/h2-7,18H,8H2,1H3. The Balaban J connectivity index is 2.19. The Bertz CT molecular complexity index is 590. The number of hydrogen-bond donors (Lipinski definition) is 1. The number of halogens is 3. The third-order valence-electron chi connectivity index (χ3n) is 2.52. The van der Waals surface area contributed by atoms with Gasteiger partial charge in [-0.25, -0.2) is 4.39 Å². The average molecular weight is 300 g/mol. The highest BCUT2D eigenvalue weighted by atomic mass is 35.5. The molecule has 0 atom stereocenters. The first-order chi connectivity index (χ1) is 9.10. The van der Waals surface area contributed by atoms with E-state index in [9.17, 15) is 4.39 Å². The van der Waals surface area contributed by atoms with Crippen LogP contribution in [0.1, 0.15) is 5.56 Å². The number of nitrogens with one attached hydrogen (secondary N) is 1. The van der Waals surface area contributed by atoms with Gasteiger partial charge in [-0.2, -0.15) is 0 Å². The second-order valence-corrected chi connectivity index (χ2v) is 4.78. The first-order valence-corrected chi connectivity index (χ1v) is 6.41. The molecule has 0 amide bonds. The van der Waals surface area contributed by atoms with E-state index in [-0.39, 0.29) is 5.02 Å². The van der Waals surface area contributed by atoms with Gasteiger partial charge in [0.15, 0.2) is 0 Å². The van der Waals surface area contributed by atoms with Crippen LogP contribution in [0.25, 0.3) is 0 Å². The molecule has 0 aliphatic rings. The van der Waals surface area contributed by atoms with Crippen LogP contribution in [0.4, 0.5) is 4.39 Å². The molecular weight excluding hydrogens is 288 g/mol. The predicted molar refractivity (Wildman–Crippen MR) is 75.7 cm³/mol. The SMILES string of the molecule is CNCc1ccc(Oc2ccc(F)c(Cl)c2)cc1Cl. The number of hydrogen-bond acceptors (Lipinski definition) is 2. The maximum atomic E-state index is 13.0. The highest BCUT2D eigenvalue weighted by Gasteiger charge is 2.05. The monoisotopic (exact) mass is 299 g/mol. The minimum atomic E-state index is -0.476. The van der Waals surface area contributed by atoms with Crippen LogP contribution in [0, 0.1) is 5.82 Å². The number of benzene rings is 2. The van der Waals surface area contributed by atoms with Gasteiger partial charge in [0.1, 0.15) is 17.3 Å². The topological polar surface area (TPSA) is 21.3 Å². The molecule has 0 saturated heterocycles. The summed E-state index contributed by atoms with van der Waals surface area (Å²) in [5.74, 6) is 0.563. The maximum Gasteiger partial charge on any atom is 0.142 e. The summed E-state index contributed by atoms with van der Waals surface area (Å²) in [6.45, 7) is 0.682. The second kappa shape index (κ2) is 6.24. The quantitative estimate of drug-likeness (QED) is 0.888. The Morgan fingerprint density at radius 1 is 1.05 bits per heavy atom. The second-order valence-electron chi connectivity index (χ2n) is 3.96. The zero-order valence-electron chi connectivity index (χ0n) is 10.2. The molecule has 2 nitrogen and oxygen atoms in total. The summed E-state index contributed by atoms with van der Waals surface area (Å²) in [6, 6.07) is 9.58. The molecule has 0 bridgehead atoms. The van der Waals surface area contributed by atoms with Gasteiger partial charge >= 0.3 is 0 Å². The van der Waals surface area contributed by atoms with Crippen LogP contribution in [-0.2, 0) is 6.54 Å². The first kappa shape index (κ1) is 14.1. The Morgan fingerprint density at radius 3 is 2.26 bits per heavy atom. The molecule has 0 radical (unpaired) electrons. The molecule has 0 unspecified atom stereocenters. The lowest BCUT2D eigenvalue weighted by molar-refractivity contribution is 0.480. The summed E-state index contributed by atoms with van der Waals surface area (Å²) < 4.78 is 18.6. The molecule has 0 saturated carbocycles. The van der Waals surface area contributed by atoms with Crippen LogP contribution in [0.3, 0.4) is 0 Å². The van der Waals surface area contributed by atoms with E-state index in [1.54, 1.807) is 12.1 Å². The summed E-state index contributed by atoms with van der Waals surface area (Å²) >= 11 is 11.8. The highest BCUT2D eigenvalue weighted by Crippen LogP contribution is 2.29. The first-order valence-electron chi connectivity index (χ1n) is 5.66. The van der Waals surface area contributed by atoms with Gasteiger partial charge in [0.2, 0.25) is 0 Å². The summed E-state index contributed by atoms with van der Waals surface area (Å²) in [6.07, 6.45) is 0. The maximum absolute atomic E-state index is 13.0. The average Bonchev–Trinajstić information content (AvgIpc) is 2.37. The third-order valence-corrected chi connectivity index (χ3v) is 3.16. The highest BCUT2D eigenvalue weighted by molar-refractivity contribution is 6.31. The van der Waals surface area contributed by atoms with Gasteiger partial charge in [-0.1, -0.05) is 29.3 Å². The molecule has 100 valence electrons. The van der Waals surface area contributed by atoms with Crippen LogP contribution in [-0.4, -0.2) is 7.05 Å². The molecule has 2 aromatic carbocycles. The van der Waals surface area contributed by atoms with Crippen molar-refractivity contribution in [1.82, 2.24) is 5.32 Å². The zero-order chi connectivity index (χ0) is 13.8. The fourth-order valence-corrected chi connectivity index (χ4v) is 2.01. The van der Waals surface area contributed by atoms with E-state index in [0.29, 0.717) is 23.1 Å². The van der Waals surface area contributed by atoms with E-state index in [0.717, 1.165) is 5.56 Å². The van der Waals surface area contributed by atoms with Crippen LogP contribution in [0.2, 0.25) is 10.0 Å². The van der Waals surface area contributed by atoms with E-state index in [1.807, 2.05) is 13.1 Å². The largest absolute Gasteiger partial charge is 0.457 e. The fourth-order valence-electron chi connectivity index (χ4n) is 1.60. The van der Waals surface area contributed by atoms with Crippen LogP contribution < -0.4 is 10.1 Å². The van der Waals surface area contributed by atoms with Crippen molar-refractivity contribution >= 4 is 23.2 Å². The van der Waals surface area contributed by atoms with Crippen molar-refractivity contribution in [2.75, 3.05) is 7.05 Å². The molecule has 0 spiro atoms. The lowest BCUT2D eigenvalue weighted by Gasteiger charge is -2.09. The molecule has 0 aromatic heterocycles. The Kier molecular flexibility index (Phi) is 4.64. The van der Waals surface area contributed by atoms with Crippen LogP contribution >= 0.6 is 23.2 Å². The van der Waals surface area contributed by atoms with Crippen molar-refractivity contribution in [2.45, 2.75) is 6.54 Å². The smallest absolute Gasteiger partial charge is 0.142 e. The van der Waals surface area contributed by atoms with E-state index in [4.69, 9.17) is 27.9 Å². The van der Waals surface area contributed by atoms with Crippen molar-refractivity contribution in [3.8, 4) is 11.5 Å². The normalized spacial score (nSPS) is 10.5. The predicted octanol–water partition coefficient (Wildman–Crippen LogP) is 4.64. The molecular formula is C14H12Cl2FNO. The molecule has 0 heterocycles.